The van der Waals surface area contributed by atoms with E-state index in [2.05, 4.69) is 44.7 Å². The summed E-state index contributed by atoms with van der Waals surface area (Å²) in [6, 6.07) is 8.36. The van der Waals surface area contributed by atoms with Crippen LogP contribution in [0.5, 0.6) is 0 Å². The molecule has 0 unspecified atom stereocenters. The summed E-state index contributed by atoms with van der Waals surface area (Å²) in [6.45, 7) is 9.96. The minimum Gasteiger partial charge on any atom is -0.396 e. The van der Waals surface area contributed by atoms with Gasteiger partial charge in [0.1, 0.15) is 0 Å². The molecule has 0 heterocycles. The van der Waals surface area contributed by atoms with Crippen molar-refractivity contribution >= 4 is 0 Å². The highest BCUT2D eigenvalue weighted by molar-refractivity contribution is 5.23. The van der Waals surface area contributed by atoms with Gasteiger partial charge >= 0.3 is 0 Å². The molecular weight excluding hydrogens is 172 g/mol. The topological polar surface area (TPSA) is 20.2 Å². The molecule has 0 saturated heterocycles. The molecule has 1 heteroatoms. The first-order valence-electron chi connectivity index (χ1n) is 4.85. The fraction of sp³-hybridized carbons (Fsp3) is 0.385. The number of aryl methyl sites for hydroxylation is 2. The van der Waals surface area contributed by atoms with E-state index in [1.54, 1.807) is 0 Å². The summed E-state index contributed by atoms with van der Waals surface area (Å²) in [7, 11) is 0. The van der Waals surface area contributed by atoms with Crippen molar-refractivity contribution in [2.45, 2.75) is 27.2 Å². The SMILES string of the molecule is C=C(C)CCO.Cc1ccccc1C. The summed E-state index contributed by atoms with van der Waals surface area (Å²) in [5.74, 6) is 0. The van der Waals surface area contributed by atoms with Crippen LogP contribution in [0.1, 0.15) is 24.5 Å². The van der Waals surface area contributed by atoms with Gasteiger partial charge in [-0.3, -0.25) is 0 Å². The minimum absolute atomic E-state index is 0.231. The van der Waals surface area contributed by atoms with E-state index in [-0.39, 0.29) is 6.61 Å². The maximum absolute atomic E-state index is 8.18. The average Bonchev–Trinajstić information content (AvgIpc) is 2.11. The van der Waals surface area contributed by atoms with E-state index in [9.17, 15) is 0 Å². The number of aliphatic hydroxyl groups excluding tert-OH is 1. The van der Waals surface area contributed by atoms with E-state index in [1.807, 2.05) is 6.92 Å². The third-order valence-corrected chi connectivity index (χ3v) is 1.96. The van der Waals surface area contributed by atoms with Crippen LogP contribution < -0.4 is 0 Å². The second-order valence-corrected chi connectivity index (χ2v) is 3.51. The lowest BCUT2D eigenvalue weighted by Gasteiger charge is -1.93. The van der Waals surface area contributed by atoms with E-state index in [0.717, 1.165) is 12.0 Å². The van der Waals surface area contributed by atoms with E-state index in [4.69, 9.17) is 5.11 Å². The second kappa shape index (κ2) is 7.34. The highest BCUT2D eigenvalue weighted by atomic mass is 16.2. The van der Waals surface area contributed by atoms with Gasteiger partial charge in [-0.1, -0.05) is 29.8 Å². The Morgan fingerprint density at radius 3 is 1.79 bits per heavy atom. The van der Waals surface area contributed by atoms with Gasteiger partial charge in [0, 0.05) is 6.61 Å². The fourth-order valence-electron chi connectivity index (χ4n) is 0.854. The lowest BCUT2D eigenvalue weighted by molar-refractivity contribution is 0.299. The molecule has 0 fully saturated rings. The van der Waals surface area contributed by atoms with Gasteiger partial charge in [0.25, 0.3) is 0 Å². The number of benzene rings is 1. The Balaban J connectivity index is 0.000000255. The van der Waals surface area contributed by atoms with E-state index < -0.39 is 0 Å². The van der Waals surface area contributed by atoms with Crippen molar-refractivity contribution in [3.05, 3.63) is 47.5 Å². The Hall–Kier alpha value is -1.08. The molecule has 0 atom stereocenters. The molecule has 0 aliphatic heterocycles. The summed E-state index contributed by atoms with van der Waals surface area (Å²) >= 11 is 0. The van der Waals surface area contributed by atoms with Gasteiger partial charge in [-0.15, -0.1) is 6.58 Å². The second-order valence-electron chi connectivity index (χ2n) is 3.51. The standard InChI is InChI=1S/C8H10.C5H10O/c1-7-5-3-4-6-8(7)2;1-5(2)3-4-6/h3-6H,1-2H3;6H,1,3-4H2,2H3. The zero-order valence-corrected chi connectivity index (χ0v) is 9.38. The highest BCUT2D eigenvalue weighted by Gasteiger charge is 1.83. The zero-order valence-electron chi connectivity index (χ0n) is 9.38. The summed E-state index contributed by atoms with van der Waals surface area (Å²) < 4.78 is 0. The number of rotatable bonds is 2. The predicted octanol–water partition coefficient (Wildman–Crippen LogP) is 3.25. The van der Waals surface area contributed by atoms with Crippen LogP contribution in [0, 0.1) is 13.8 Å². The monoisotopic (exact) mass is 192 g/mol. The van der Waals surface area contributed by atoms with Crippen molar-refractivity contribution < 1.29 is 5.11 Å². The maximum atomic E-state index is 8.18. The predicted molar refractivity (Wildman–Crippen MR) is 62.4 cm³/mol. The van der Waals surface area contributed by atoms with Crippen molar-refractivity contribution in [2.24, 2.45) is 0 Å². The largest absolute Gasteiger partial charge is 0.396 e. The molecule has 0 radical (unpaired) electrons. The molecule has 0 amide bonds. The molecule has 0 saturated carbocycles. The van der Waals surface area contributed by atoms with Crippen LogP contribution in [0.3, 0.4) is 0 Å². The average molecular weight is 192 g/mol. The first-order valence-corrected chi connectivity index (χ1v) is 4.85. The van der Waals surface area contributed by atoms with Gasteiger partial charge in [-0.2, -0.15) is 0 Å². The molecule has 14 heavy (non-hydrogen) atoms. The van der Waals surface area contributed by atoms with Crippen LogP contribution in [0.15, 0.2) is 36.4 Å². The van der Waals surface area contributed by atoms with Crippen molar-refractivity contribution in [1.82, 2.24) is 0 Å². The molecule has 0 bridgehead atoms. The van der Waals surface area contributed by atoms with E-state index in [0.29, 0.717) is 0 Å². The van der Waals surface area contributed by atoms with Gasteiger partial charge in [-0.05, 0) is 38.3 Å². The van der Waals surface area contributed by atoms with Crippen LogP contribution in [-0.2, 0) is 0 Å². The fourth-order valence-corrected chi connectivity index (χ4v) is 0.854. The van der Waals surface area contributed by atoms with Crippen molar-refractivity contribution in [3.63, 3.8) is 0 Å². The normalized spacial score (nSPS) is 8.86. The zero-order chi connectivity index (χ0) is 11.0. The molecular formula is C13H20O. The van der Waals surface area contributed by atoms with Crippen molar-refractivity contribution in [3.8, 4) is 0 Å². The molecule has 0 aliphatic carbocycles. The van der Waals surface area contributed by atoms with E-state index in [1.165, 1.54) is 11.1 Å². The van der Waals surface area contributed by atoms with Gasteiger partial charge in [0.2, 0.25) is 0 Å². The molecule has 0 aromatic heterocycles. The quantitative estimate of drug-likeness (QED) is 0.713. The number of hydrogen-bond donors (Lipinski definition) is 1. The van der Waals surface area contributed by atoms with Gasteiger partial charge in [-0.25, -0.2) is 0 Å². The van der Waals surface area contributed by atoms with Crippen LogP contribution in [0.25, 0.3) is 0 Å². The third-order valence-electron chi connectivity index (χ3n) is 1.96. The molecule has 1 aromatic carbocycles. The Morgan fingerprint density at radius 1 is 1.21 bits per heavy atom. The van der Waals surface area contributed by atoms with Crippen LogP contribution in [0.2, 0.25) is 0 Å². The molecule has 0 aliphatic rings. The Kier molecular flexibility index (Phi) is 6.77. The Morgan fingerprint density at radius 2 is 1.64 bits per heavy atom. The lowest BCUT2D eigenvalue weighted by atomic mass is 10.1. The smallest absolute Gasteiger partial charge is 0.0467 e. The first kappa shape index (κ1) is 12.9. The minimum atomic E-state index is 0.231. The molecule has 1 N–H and O–H groups in total. The molecule has 1 nitrogen and oxygen atoms in total. The highest BCUT2D eigenvalue weighted by Crippen LogP contribution is 2.02. The van der Waals surface area contributed by atoms with Crippen LogP contribution >= 0.6 is 0 Å². The molecule has 0 spiro atoms. The van der Waals surface area contributed by atoms with E-state index >= 15 is 0 Å². The van der Waals surface area contributed by atoms with Gasteiger partial charge < -0.3 is 5.11 Å². The molecule has 78 valence electrons. The lowest BCUT2D eigenvalue weighted by Crippen LogP contribution is -1.79. The molecule has 1 aromatic rings. The number of hydrogen-bond acceptors (Lipinski definition) is 1. The summed E-state index contributed by atoms with van der Waals surface area (Å²) in [5, 5.41) is 8.18. The summed E-state index contributed by atoms with van der Waals surface area (Å²) in [4.78, 5) is 0. The van der Waals surface area contributed by atoms with Crippen LogP contribution in [0.4, 0.5) is 0 Å². The molecule has 1 rings (SSSR count). The van der Waals surface area contributed by atoms with Crippen molar-refractivity contribution in [1.29, 1.82) is 0 Å². The first-order chi connectivity index (χ1) is 6.57. The maximum Gasteiger partial charge on any atom is 0.0467 e. The summed E-state index contributed by atoms with van der Waals surface area (Å²) in [5.41, 5.74) is 3.78. The Bertz CT molecular complexity index is 255. The van der Waals surface area contributed by atoms with Crippen LogP contribution in [-0.4, -0.2) is 11.7 Å². The summed E-state index contributed by atoms with van der Waals surface area (Å²) in [6.07, 6.45) is 0.736. The van der Waals surface area contributed by atoms with Crippen molar-refractivity contribution in [2.75, 3.05) is 6.61 Å². The number of aliphatic hydroxyl groups is 1. The van der Waals surface area contributed by atoms with Gasteiger partial charge in [0.15, 0.2) is 0 Å². The Labute approximate surface area is 87.1 Å². The third kappa shape index (κ3) is 6.44. The van der Waals surface area contributed by atoms with Gasteiger partial charge in [0.05, 0.1) is 0 Å².